The van der Waals surface area contributed by atoms with Crippen LogP contribution in [0.15, 0.2) is 18.2 Å². The van der Waals surface area contributed by atoms with Gasteiger partial charge in [-0.3, -0.25) is 4.68 Å². The maximum Gasteiger partial charge on any atom is 0.200 e. The lowest BCUT2D eigenvalue weighted by Gasteiger charge is -2.36. The first-order valence-corrected chi connectivity index (χ1v) is 8.04. The minimum Gasteiger partial charge on any atom is -0.350 e. The first-order chi connectivity index (χ1) is 11.2. The number of nitrogens with zero attached hydrogens (tertiary/aromatic N) is 8. The fourth-order valence-electron chi connectivity index (χ4n) is 3.34. The Hall–Kier alpha value is -2.51. The van der Waals surface area contributed by atoms with Crippen molar-refractivity contribution in [2.75, 3.05) is 11.4 Å². The van der Waals surface area contributed by atoms with Crippen LogP contribution < -0.4 is 4.90 Å². The lowest BCUT2D eigenvalue weighted by molar-refractivity contribution is 0.391. The van der Waals surface area contributed by atoms with Gasteiger partial charge < -0.3 is 4.90 Å². The average Bonchev–Trinajstić information content (AvgIpc) is 3.13. The molecular weight excluding hydrogens is 292 g/mol. The quantitative estimate of drug-likeness (QED) is 0.727. The van der Waals surface area contributed by atoms with Gasteiger partial charge in [-0.05, 0) is 61.7 Å². The zero-order valence-corrected chi connectivity index (χ0v) is 13.4. The summed E-state index contributed by atoms with van der Waals surface area (Å²) in [6.45, 7) is 6.04. The van der Waals surface area contributed by atoms with Crippen molar-refractivity contribution in [2.24, 2.45) is 0 Å². The van der Waals surface area contributed by atoms with E-state index >= 15 is 0 Å². The zero-order valence-electron chi connectivity index (χ0n) is 13.4. The second-order valence-electron chi connectivity index (χ2n) is 6.17. The van der Waals surface area contributed by atoms with E-state index in [1.54, 1.807) is 0 Å². The summed E-state index contributed by atoms with van der Waals surface area (Å²) < 4.78 is 3.60. The number of fused-ring (bicyclic) bond motifs is 1. The standard InChI is InChI=1S/C15H20N8/c1-11-9-12(2)22(17-11)10-13-5-3-4-8-21(13)15-7-6-14-16-19-20-23(14)18-15/h6-7,9,13H,3-5,8,10H2,1-2H3/t13-/m1/s1. The molecule has 1 atom stereocenters. The van der Waals surface area contributed by atoms with Gasteiger partial charge in [0, 0.05) is 12.2 Å². The van der Waals surface area contributed by atoms with Crippen LogP contribution in [0.25, 0.3) is 5.65 Å². The van der Waals surface area contributed by atoms with Gasteiger partial charge in [0.1, 0.15) is 0 Å². The number of anilines is 1. The number of tetrazole rings is 1. The highest BCUT2D eigenvalue weighted by Gasteiger charge is 2.25. The Balaban J connectivity index is 1.63. The normalized spacial score (nSPS) is 18.7. The van der Waals surface area contributed by atoms with Crippen LogP contribution >= 0.6 is 0 Å². The Kier molecular flexibility index (Phi) is 3.44. The van der Waals surface area contributed by atoms with E-state index in [9.17, 15) is 0 Å². The molecule has 8 heteroatoms. The van der Waals surface area contributed by atoms with Gasteiger partial charge >= 0.3 is 0 Å². The second kappa shape index (κ2) is 5.60. The molecule has 4 heterocycles. The minimum atomic E-state index is 0.392. The van der Waals surface area contributed by atoms with Crippen molar-refractivity contribution < 1.29 is 0 Å². The van der Waals surface area contributed by atoms with Crippen molar-refractivity contribution in [2.45, 2.75) is 45.7 Å². The van der Waals surface area contributed by atoms with Crippen LogP contribution in [-0.4, -0.2) is 47.6 Å². The Morgan fingerprint density at radius 1 is 1.17 bits per heavy atom. The largest absolute Gasteiger partial charge is 0.350 e. The molecule has 0 amide bonds. The van der Waals surface area contributed by atoms with E-state index in [0.29, 0.717) is 11.7 Å². The van der Waals surface area contributed by atoms with Crippen LogP contribution in [-0.2, 0) is 6.54 Å². The molecule has 3 aromatic rings. The van der Waals surface area contributed by atoms with E-state index in [1.807, 2.05) is 19.1 Å². The maximum atomic E-state index is 4.61. The van der Waals surface area contributed by atoms with Crippen molar-refractivity contribution in [3.8, 4) is 0 Å². The lowest BCUT2D eigenvalue weighted by Crippen LogP contribution is -2.43. The third kappa shape index (κ3) is 2.64. The summed E-state index contributed by atoms with van der Waals surface area (Å²) >= 11 is 0. The molecule has 4 rings (SSSR count). The lowest BCUT2D eigenvalue weighted by atomic mass is 10.0. The van der Waals surface area contributed by atoms with E-state index in [1.165, 1.54) is 23.2 Å². The summed E-state index contributed by atoms with van der Waals surface area (Å²) in [5.74, 6) is 0.927. The first kappa shape index (κ1) is 14.1. The predicted molar refractivity (Wildman–Crippen MR) is 85.3 cm³/mol. The van der Waals surface area contributed by atoms with Crippen molar-refractivity contribution in [1.82, 2.24) is 35.0 Å². The maximum absolute atomic E-state index is 4.61. The monoisotopic (exact) mass is 312 g/mol. The molecule has 1 saturated heterocycles. The van der Waals surface area contributed by atoms with E-state index in [-0.39, 0.29) is 0 Å². The molecule has 0 spiro atoms. The molecule has 0 radical (unpaired) electrons. The van der Waals surface area contributed by atoms with Gasteiger partial charge in [-0.2, -0.15) is 5.10 Å². The van der Waals surface area contributed by atoms with Crippen LogP contribution in [0.5, 0.6) is 0 Å². The van der Waals surface area contributed by atoms with Gasteiger partial charge in [-0.1, -0.05) is 0 Å². The van der Waals surface area contributed by atoms with Gasteiger partial charge in [0.25, 0.3) is 0 Å². The number of hydrogen-bond acceptors (Lipinski definition) is 6. The third-order valence-corrected chi connectivity index (χ3v) is 4.46. The van der Waals surface area contributed by atoms with Gasteiger partial charge in [0.2, 0.25) is 0 Å². The second-order valence-corrected chi connectivity index (χ2v) is 6.17. The number of piperidine rings is 1. The van der Waals surface area contributed by atoms with Crippen LogP contribution in [0, 0.1) is 13.8 Å². The van der Waals surface area contributed by atoms with Crippen molar-refractivity contribution in [3.63, 3.8) is 0 Å². The summed E-state index contributed by atoms with van der Waals surface area (Å²) in [7, 11) is 0. The highest BCUT2D eigenvalue weighted by Crippen LogP contribution is 2.24. The number of aromatic nitrogens is 7. The first-order valence-electron chi connectivity index (χ1n) is 8.04. The Labute approximate surface area is 134 Å². The third-order valence-electron chi connectivity index (χ3n) is 4.46. The van der Waals surface area contributed by atoms with Gasteiger partial charge in [-0.15, -0.1) is 14.8 Å². The minimum absolute atomic E-state index is 0.392. The summed E-state index contributed by atoms with van der Waals surface area (Å²) in [6.07, 6.45) is 3.57. The number of aryl methyl sites for hydroxylation is 2. The molecule has 3 aromatic heterocycles. The molecule has 1 aliphatic rings. The number of hydrogen-bond donors (Lipinski definition) is 0. The molecule has 0 saturated carbocycles. The van der Waals surface area contributed by atoms with E-state index in [4.69, 9.17) is 0 Å². The molecule has 0 bridgehead atoms. The summed E-state index contributed by atoms with van der Waals surface area (Å²) in [4.78, 5) is 2.36. The fourth-order valence-corrected chi connectivity index (χ4v) is 3.34. The highest BCUT2D eigenvalue weighted by molar-refractivity contribution is 5.45. The molecule has 120 valence electrons. The molecule has 0 aromatic carbocycles. The van der Waals surface area contributed by atoms with Crippen LogP contribution in [0.4, 0.5) is 5.82 Å². The summed E-state index contributed by atoms with van der Waals surface area (Å²) in [6, 6.07) is 6.43. The van der Waals surface area contributed by atoms with Crippen molar-refractivity contribution in [3.05, 3.63) is 29.6 Å². The predicted octanol–water partition coefficient (Wildman–Crippen LogP) is 1.39. The SMILES string of the molecule is Cc1cc(C)n(C[C@H]2CCCCN2c2ccc3nnnn3n2)n1. The zero-order chi connectivity index (χ0) is 15.8. The van der Waals surface area contributed by atoms with Gasteiger partial charge in [0.15, 0.2) is 11.5 Å². The Morgan fingerprint density at radius 3 is 2.91 bits per heavy atom. The summed E-state index contributed by atoms with van der Waals surface area (Å²) in [5.41, 5.74) is 2.94. The van der Waals surface area contributed by atoms with Crippen LogP contribution in [0.3, 0.4) is 0 Å². The average molecular weight is 312 g/mol. The Morgan fingerprint density at radius 2 is 2.09 bits per heavy atom. The van der Waals surface area contributed by atoms with E-state index in [2.05, 4.69) is 48.3 Å². The topological polar surface area (TPSA) is 77.0 Å². The number of rotatable bonds is 3. The Bertz CT molecular complexity index is 820. The van der Waals surface area contributed by atoms with Gasteiger partial charge in [0.05, 0.1) is 18.3 Å². The van der Waals surface area contributed by atoms with Crippen molar-refractivity contribution >= 4 is 11.5 Å². The van der Waals surface area contributed by atoms with Crippen LogP contribution in [0.2, 0.25) is 0 Å². The molecular formula is C15H20N8. The molecule has 0 unspecified atom stereocenters. The smallest absolute Gasteiger partial charge is 0.200 e. The molecule has 0 N–H and O–H groups in total. The fraction of sp³-hybridized carbons (Fsp3) is 0.533. The molecule has 1 aliphatic heterocycles. The van der Waals surface area contributed by atoms with E-state index in [0.717, 1.165) is 31.0 Å². The highest BCUT2D eigenvalue weighted by atomic mass is 15.6. The van der Waals surface area contributed by atoms with Crippen molar-refractivity contribution in [1.29, 1.82) is 0 Å². The van der Waals surface area contributed by atoms with Crippen LogP contribution in [0.1, 0.15) is 30.7 Å². The molecule has 0 aliphatic carbocycles. The summed E-state index contributed by atoms with van der Waals surface area (Å²) in [5, 5.41) is 20.6. The van der Waals surface area contributed by atoms with Gasteiger partial charge in [-0.25, -0.2) is 0 Å². The molecule has 23 heavy (non-hydrogen) atoms. The molecule has 1 fully saturated rings. The molecule has 8 nitrogen and oxygen atoms in total. The van der Waals surface area contributed by atoms with E-state index < -0.39 is 0 Å².